The number of benzene rings is 1. The lowest BCUT2D eigenvalue weighted by Gasteiger charge is -2.19. The maximum atomic E-state index is 12.6. The van der Waals surface area contributed by atoms with Crippen molar-refractivity contribution in [3.63, 3.8) is 0 Å². The molecule has 1 aromatic rings. The van der Waals surface area contributed by atoms with Gasteiger partial charge in [0.2, 0.25) is 10.0 Å². The van der Waals surface area contributed by atoms with Crippen molar-refractivity contribution in [2.75, 3.05) is 20.8 Å². The first-order chi connectivity index (χ1) is 10.00. The molecule has 0 saturated heterocycles. The Labute approximate surface area is 138 Å². The van der Waals surface area contributed by atoms with Crippen LogP contribution in [-0.2, 0) is 10.0 Å². The lowest BCUT2D eigenvalue weighted by atomic mass is 10.1. The minimum absolute atomic E-state index is 0. The summed E-state index contributed by atoms with van der Waals surface area (Å²) in [6.07, 6.45) is 2.59. The van der Waals surface area contributed by atoms with Crippen LogP contribution in [0.1, 0.15) is 26.2 Å². The van der Waals surface area contributed by atoms with Crippen molar-refractivity contribution in [3.8, 4) is 11.5 Å². The number of ether oxygens (including phenoxy) is 2. The Balaban J connectivity index is 0.00000441. The van der Waals surface area contributed by atoms with Crippen LogP contribution in [0.5, 0.6) is 11.5 Å². The molecule has 0 spiro atoms. The number of hydrogen-bond acceptors (Lipinski definition) is 5. The number of nitrogens with two attached hydrogens (primary N) is 1. The Hall–Kier alpha value is -1.02. The zero-order valence-electron chi connectivity index (χ0n) is 13.2. The molecular weight excluding hydrogens is 328 g/mol. The van der Waals surface area contributed by atoms with Crippen molar-refractivity contribution >= 4 is 22.4 Å². The van der Waals surface area contributed by atoms with E-state index >= 15 is 0 Å². The average molecular weight is 353 g/mol. The number of hydrogen-bond donors (Lipinski definition) is 2. The molecule has 0 aliphatic rings. The van der Waals surface area contributed by atoms with Gasteiger partial charge in [-0.05, 0) is 18.6 Å². The van der Waals surface area contributed by atoms with E-state index in [1.54, 1.807) is 18.2 Å². The summed E-state index contributed by atoms with van der Waals surface area (Å²) < 4.78 is 38.1. The van der Waals surface area contributed by atoms with Crippen LogP contribution < -0.4 is 19.9 Å². The van der Waals surface area contributed by atoms with Gasteiger partial charge in [0.25, 0.3) is 0 Å². The molecule has 1 unspecified atom stereocenters. The molecule has 22 heavy (non-hydrogen) atoms. The molecule has 0 bridgehead atoms. The lowest BCUT2D eigenvalue weighted by molar-refractivity contribution is 0.372. The van der Waals surface area contributed by atoms with Gasteiger partial charge < -0.3 is 15.2 Å². The first kappa shape index (κ1) is 21.0. The Morgan fingerprint density at radius 1 is 1.23 bits per heavy atom. The third-order valence-electron chi connectivity index (χ3n) is 3.16. The van der Waals surface area contributed by atoms with Crippen LogP contribution in [0.4, 0.5) is 0 Å². The molecule has 8 heteroatoms. The third kappa shape index (κ3) is 5.31. The van der Waals surface area contributed by atoms with Crippen molar-refractivity contribution in [3.05, 3.63) is 18.2 Å². The van der Waals surface area contributed by atoms with Crippen molar-refractivity contribution in [2.45, 2.75) is 37.1 Å². The molecule has 3 N–H and O–H groups in total. The zero-order chi connectivity index (χ0) is 15.9. The second-order valence-corrected chi connectivity index (χ2v) is 6.34. The minimum atomic E-state index is -3.77. The van der Waals surface area contributed by atoms with Crippen molar-refractivity contribution in [2.24, 2.45) is 5.73 Å². The van der Waals surface area contributed by atoms with E-state index in [9.17, 15) is 8.42 Å². The molecule has 1 rings (SSSR count). The van der Waals surface area contributed by atoms with E-state index in [-0.39, 0.29) is 41.4 Å². The van der Waals surface area contributed by atoms with E-state index in [0.29, 0.717) is 6.42 Å². The summed E-state index contributed by atoms with van der Waals surface area (Å²) in [4.78, 5) is 0.00458. The Bertz CT molecular complexity index is 530. The predicted molar refractivity (Wildman–Crippen MR) is 89.5 cm³/mol. The zero-order valence-corrected chi connectivity index (χ0v) is 14.8. The van der Waals surface area contributed by atoms with E-state index in [4.69, 9.17) is 15.2 Å². The van der Waals surface area contributed by atoms with Gasteiger partial charge in [-0.1, -0.05) is 25.8 Å². The number of methoxy groups -OCH3 is 2. The molecule has 0 aliphatic heterocycles. The smallest absolute Gasteiger partial charge is 0.248 e. The molecule has 6 nitrogen and oxygen atoms in total. The first-order valence-corrected chi connectivity index (χ1v) is 8.41. The highest BCUT2D eigenvalue weighted by atomic mass is 35.5. The van der Waals surface area contributed by atoms with Gasteiger partial charge in [-0.3, -0.25) is 0 Å². The number of nitrogens with one attached hydrogen (secondary N) is 1. The number of sulfonamides is 1. The lowest BCUT2D eigenvalue weighted by Crippen LogP contribution is -2.40. The fourth-order valence-corrected chi connectivity index (χ4v) is 3.64. The molecule has 128 valence electrons. The number of rotatable bonds is 9. The summed E-state index contributed by atoms with van der Waals surface area (Å²) in [5.41, 5.74) is 5.65. The van der Waals surface area contributed by atoms with Gasteiger partial charge in [-0.2, -0.15) is 0 Å². The Kier molecular flexibility index (Phi) is 9.43. The monoisotopic (exact) mass is 352 g/mol. The van der Waals surface area contributed by atoms with Crippen LogP contribution in [0.25, 0.3) is 0 Å². The van der Waals surface area contributed by atoms with Gasteiger partial charge in [0.05, 0.1) is 14.2 Å². The number of halogens is 1. The van der Waals surface area contributed by atoms with E-state index in [1.807, 2.05) is 6.92 Å². The van der Waals surface area contributed by atoms with Gasteiger partial charge in [-0.25, -0.2) is 13.1 Å². The fraction of sp³-hybridized carbons (Fsp3) is 0.571. The van der Waals surface area contributed by atoms with Gasteiger partial charge in [0, 0.05) is 12.6 Å². The molecular formula is C14H25ClN2O4S. The van der Waals surface area contributed by atoms with E-state index in [0.717, 1.165) is 12.8 Å². The first-order valence-electron chi connectivity index (χ1n) is 6.93. The number of unbranched alkanes of at least 4 members (excludes halogenated alkanes) is 1. The summed E-state index contributed by atoms with van der Waals surface area (Å²) >= 11 is 0. The van der Waals surface area contributed by atoms with Crippen molar-refractivity contribution < 1.29 is 17.9 Å². The standard InChI is InChI=1S/C14H24N2O4S.ClH/c1-4-5-7-11(10-15)16-21(17,18)14-12(19-2)8-6-9-13(14)20-3;/h6,8-9,11,16H,4-5,7,10,15H2,1-3H3;1H. The Morgan fingerprint density at radius 3 is 2.18 bits per heavy atom. The van der Waals surface area contributed by atoms with Gasteiger partial charge in [0.15, 0.2) is 4.90 Å². The molecule has 0 amide bonds. The highest BCUT2D eigenvalue weighted by Gasteiger charge is 2.26. The van der Waals surface area contributed by atoms with E-state index < -0.39 is 10.0 Å². The van der Waals surface area contributed by atoms with E-state index in [1.165, 1.54) is 14.2 Å². The molecule has 0 heterocycles. The topological polar surface area (TPSA) is 90.7 Å². The largest absolute Gasteiger partial charge is 0.495 e. The summed E-state index contributed by atoms with van der Waals surface area (Å²) in [6, 6.07) is 4.54. The maximum Gasteiger partial charge on any atom is 0.248 e. The highest BCUT2D eigenvalue weighted by molar-refractivity contribution is 7.89. The van der Waals surface area contributed by atoms with Gasteiger partial charge in [-0.15, -0.1) is 12.4 Å². The summed E-state index contributed by atoms with van der Waals surface area (Å²) in [6.45, 7) is 2.29. The third-order valence-corrected chi connectivity index (χ3v) is 4.75. The molecule has 0 saturated carbocycles. The van der Waals surface area contributed by atoms with Crippen LogP contribution in [0, 0.1) is 0 Å². The van der Waals surface area contributed by atoms with E-state index in [2.05, 4.69) is 4.72 Å². The second-order valence-electron chi connectivity index (χ2n) is 4.69. The van der Waals surface area contributed by atoms with Crippen molar-refractivity contribution in [1.82, 2.24) is 4.72 Å². The second kappa shape index (κ2) is 9.89. The quantitative estimate of drug-likeness (QED) is 0.708. The molecule has 1 atom stereocenters. The van der Waals surface area contributed by atoms with Gasteiger partial charge in [0.1, 0.15) is 11.5 Å². The predicted octanol–water partition coefficient (Wildman–Crippen LogP) is 1.92. The SMILES string of the molecule is CCCCC(CN)NS(=O)(=O)c1c(OC)cccc1OC.Cl. The average Bonchev–Trinajstić information content (AvgIpc) is 2.50. The van der Waals surface area contributed by atoms with Crippen LogP contribution in [0.15, 0.2) is 23.1 Å². The van der Waals surface area contributed by atoms with Gasteiger partial charge >= 0.3 is 0 Å². The Morgan fingerprint density at radius 2 is 1.77 bits per heavy atom. The normalized spacial score (nSPS) is 12.4. The summed E-state index contributed by atoms with van der Waals surface area (Å²) in [7, 11) is -0.924. The molecule has 0 aliphatic carbocycles. The van der Waals surface area contributed by atoms with Crippen molar-refractivity contribution in [1.29, 1.82) is 0 Å². The fourth-order valence-electron chi connectivity index (χ4n) is 2.04. The minimum Gasteiger partial charge on any atom is -0.495 e. The van der Waals surface area contributed by atoms with Crippen LogP contribution in [0.2, 0.25) is 0 Å². The highest BCUT2D eigenvalue weighted by Crippen LogP contribution is 2.32. The van der Waals surface area contributed by atoms with Crippen LogP contribution >= 0.6 is 12.4 Å². The van der Waals surface area contributed by atoms with Crippen LogP contribution in [-0.4, -0.2) is 35.2 Å². The van der Waals surface area contributed by atoms with Crippen LogP contribution in [0.3, 0.4) is 0 Å². The maximum absolute atomic E-state index is 12.6. The molecule has 0 aromatic heterocycles. The molecule has 0 fully saturated rings. The summed E-state index contributed by atoms with van der Waals surface area (Å²) in [5.74, 6) is 0.487. The molecule has 1 aromatic carbocycles. The summed E-state index contributed by atoms with van der Waals surface area (Å²) in [5, 5.41) is 0. The molecule has 0 radical (unpaired) electrons.